The lowest BCUT2D eigenvalue weighted by atomic mass is 10.1. The fourth-order valence-corrected chi connectivity index (χ4v) is 3.05. The number of aromatic amines is 2. The number of rotatable bonds is 1. The average Bonchev–Trinajstić information content (AvgIpc) is 2.63. The van der Waals surface area contributed by atoms with Crippen LogP contribution in [0.1, 0.15) is 5.69 Å². The highest BCUT2D eigenvalue weighted by Crippen LogP contribution is 2.30. The number of nitrogens with one attached hydrogen (secondary N) is 2. The maximum Gasteiger partial charge on any atom is 0.237 e. The third-order valence-corrected chi connectivity index (χ3v) is 3.81. The van der Waals surface area contributed by atoms with E-state index < -0.39 is 0 Å². The Balaban J connectivity index is 2.41. The van der Waals surface area contributed by atoms with E-state index in [0.29, 0.717) is 3.95 Å². The van der Waals surface area contributed by atoms with Crippen molar-refractivity contribution in [2.45, 2.75) is 6.92 Å². The zero-order valence-electron chi connectivity index (χ0n) is 9.61. The molecule has 0 spiro atoms. The number of benzene rings is 1. The van der Waals surface area contributed by atoms with Gasteiger partial charge in [-0.15, -0.1) is 0 Å². The summed E-state index contributed by atoms with van der Waals surface area (Å²) in [5.74, 6) is 0. The van der Waals surface area contributed by atoms with Gasteiger partial charge in [-0.25, -0.2) is 0 Å². The van der Waals surface area contributed by atoms with Gasteiger partial charge in [0.05, 0.1) is 5.69 Å². The lowest BCUT2D eigenvalue weighted by Crippen LogP contribution is -1.96. The Morgan fingerprint density at radius 2 is 2.00 bits per heavy atom. The molecule has 3 aromatic rings. The molecular weight excluding hydrogens is 264 g/mol. The van der Waals surface area contributed by atoms with Gasteiger partial charge in [-0.1, -0.05) is 29.5 Å². The van der Waals surface area contributed by atoms with E-state index in [1.54, 1.807) is 6.07 Å². The van der Waals surface area contributed by atoms with E-state index >= 15 is 0 Å². The quantitative estimate of drug-likeness (QED) is 0.666. The van der Waals surface area contributed by atoms with Crippen molar-refractivity contribution in [1.29, 1.82) is 0 Å². The summed E-state index contributed by atoms with van der Waals surface area (Å²) in [5.41, 5.74) is 3.88. The summed E-state index contributed by atoms with van der Waals surface area (Å²) < 4.78 is 0.473. The normalized spacial score (nSPS) is 10.9. The van der Waals surface area contributed by atoms with Crippen LogP contribution in [-0.4, -0.2) is 9.97 Å². The average molecular weight is 274 g/mol. The van der Waals surface area contributed by atoms with Crippen LogP contribution in [0.4, 0.5) is 0 Å². The zero-order chi connectivity index (χ0) is 12.7. The Morgan fingerprint density at radius 3 is 2.78 bits per heavy atom. The zero-order valence-corrected chi connectivity index (χ0v) is 11.2. The van der Waals surface area contributed by atoms with Crippen molar-refractivity contribution in [3.63, 3.8) is 0 Å². The Labute approximate surface area is 112 Å². The molecule has 0 aliphatic heterocycles. The molecule has 0 saturated carbocycles. The second-order valence-electron chi connectivity index (χ2n) is 4.06. The van der Waals surface area contributed by atoms with Crippen molar-refractivity contribution in [3.8, 4) is 11.3 Å². The first-order valence-corrected chi connectivity index (χ1v) is 6.70. The molecule has 2 aromatic heterocycles. The molecule has 3 rings (SSSR count). The van der Waals surface area contributed by atoms with Crippen molar-refractivity contribution in [2.24, 2.45) is 0 Å². The first-order valence-electron chi connectivity index (χ1n) is 5.47. The van der Waals surface area contributed by atoms with Gasteiger partial charge in [-0.2, -0.15) is 0 Å². The first kappa shape index (κ1) is 11.4. The van der Waals surface area contributed by atoms with E-state index in [1.165, 1.54) is 0 Å². The van der Waals surface area contributed by atoms with Crippen LogP contribution in [-0.2, 0) is 0 Å². The molecule has 0 amide bonds. The predicted octanol–water partition coefficient (Wildman–Crippen LogP) is 3.62. The minimum Gasteiger partial charge on any atom is -0.358 e. The van der Waals surface area contributed by atoms with Crippen molar-refractivity contribution < 1.29 is 0 Å². The number of H-pyrrole nitrogens is 2. The summed E-state index contributed by atoms with van der Waals surface area (Å²) in [6.07, 6.45) is 0. The summed E-state index contributed by atoms with van der Waals surface area (Å²) in [6, 6.07) is 9.62. The molecule has 3 nitrogen and oxygen atoms in total. The Hall–Kier alpha value is -1.72. The van der Waals surface area contributed by atoms with Gasteiger partial charge < -0.3 is 9.97 Å². The highest BCUT2D eigenvalue weighted by Gasteiger charge is 2.11. The number of hydrogen-bond acceptors (Lipinski definition) is 3. The highest BCUT2D eigenvalue weighted by molar-refractivity contribution is 7.73. The van der Waals surface area contributed by atoms with Gasteiger partial charge in [0.1, 0.15) is 0 Å². The number of hydrogen-bond donors (Lipinski definition) is 2. The SMILES string of the molecule is Cc1[nH]c2ccccc2c1-c1cc(=O)sc(=S)[nH]1. The van der Waals surface area contributed by atoms with Crippen LogP contribution in [0, 0.1) is 10.9 Å². The van der Waals surface area contributed by atoms with E-state index in [2.05, 4.69) is 9.97 Å². The molecule has 0 fully saturated rings. The molecule has 0 aliphatic carbocycles. The summed E-state index contributed by atoms with van der Waals surface area (Å²) >= 11 is 6.13. The maximum atomic E-state index is 11.6. The maximum absolute atomic E-state index is 11.6. The van der Waals surface area contributed by atoms with Crippen LogP contribution in [0.5, 0.6) is 0 Å². The second-order valence-corrected chi connectivity index (χ2v) is 5.74. The third-order valence-electron chi connectivity index (χ3n) is 2.86. The van der Waals surface area contributed by atoms with E-state index in [9.17, 15) is 4.79 Å². The number of fused-ring (bicyclic) bond motifs is 1. The van der Waals surface area contributed by atoms with Gasteiger partial charge in [0.25, 0.3) is 0 Å². The molecule has 18 heavy (non-hydrogen) atoms. The molecule has 0 radical (unpaired) electrons. The highest BCUT2D eigenvalue weighted by atomic mass is 32.1. The van der Waals surface area contributed by atoms with Crippen molar-refractivity contribution in [2.75, 3.05) is 0 Å². The third kappa shape index (κ3) is 1.81. The molecule has 0 aliphatic rings. The van der Waals surface area contributed by atoms with Crippen LogP contribution in [0.2, 0.25) is 0 Å². The smallest absolute Gasteiger partial charge is 0.237 e. The van der Waals surface area contributed by atoms with E-state index in [-0.39, 0.29) is 4.74 Å². The minimum atomic E-state index is -0.0292. The monoisotopic (exact) mass is 274 g/mol. The standard InChI is InChI=1S/C13H10N2OS2/c1-7-12(8-4-2-3-5-9(8)14-7)10-6-11(16)18-13(17)15-10/h2-6,14H,1H3,(H,15,17). The van der Waals surface area contributed by atoms with Gasteiger partial charge in [0, 0.05) is 28.2 Å². The second kappa shape index (κ2) is 4.19. The molecule has 0 unspecified atom stereocenters. The molecule has 0 atom stereocenters. The first-order chi connectivity index (χ1) is 8.65. The number of aromatic nitrogens is 2. The van der Waals surface area contributed by atoms with Crippen molar-refractivity contribution >= 4 is 34.5 Å². The summed E-state index contributed by atoms with van der Waals surface area (Å²) in [6.45, 7) is 1.99. The summed E-state index contributed by atoms with van der Waals surface area (Å²) in [5, 5.41) is 1.09. The Morgan fingerprint density at radius 1 is 1.22 bits per heavy atom. The number of para-hydroxylation sites is 1. The van der Waals surface area contributed by atoms with Gasteiger partial charge in [0.2, 0.25) is 4.74 Å². The fraction of sp³-hybridized carbons (Fsp3) is 0.0769. The molecule has 5 heteroatoms. The summed E-state index contributed by atoms with van der Waals surface area (Å²) in [4.78, 5) is 18.0. The van der Waals surface area contributed by atoms with E-state index in [4.69, 9.17) is 12.2 Å². The lowest BCUT2D eigenvalue weighted by molar-refractivity contribution is 1.27. The van der Waals surface area contributed by atoms with Crippen LogP contribution in [0.3, 0.4) is 0 Å². The van der Waals surface area contributed by atoms with E-state index in [1.807, 2.05) is 31.2 Å². The minimum absolute atomic E-state index is 0.0292. The molecule has 2 N–H and O–H groups in total. The summed E-state index contributed by atoms with van der Waals surface area (Å²) in [7, 11) is 0. The topological polar surface area (TPSA) is 48.6 Å². The molecule has 1 aromatic carbocycles. The fourth-order valence-electron chi connectivity index (χ4n) is 2.17. The van der Waals surface area contributed by atoms with Crippen LogP contribution in [0.15, 0.2) is 35.1 Å². The lowest BCUT2D eigenvalue weighted by Gasteiger charge is -2.00. The van der Waals surface area contributed by atoms with Gasteiger partial charge in [-0.3, -0.25) is 4.79 Å². The molecule has 0 bridgehead atoms. The van der Waals surface area contributed by atoms with Crippen LogP contribution in [0.25, 0.3) is 22.2 Å². The van der Waals surface area contributed by atoms with Gasteiger partial charge in [-0.05, 0) is 25.2 Å². The van der Waals surface area contributed by atoms with Gasteiger partial charge in [0.15, 0.2) is 3.95 Å². The van der Waals surface area contributed by atoms with E-state index in [0.717, 1.165) is 39.2 Å². The molecule has 2 heterocycles. The van der Waals surface area contributed by atoms with Crippen LogP contribution < -0.4 is 4.74 Å². The Bertz CT molecular complexity index is 814. The predicted molar refractivity (Wildman–Crippen MR) is 77.8 cm³/mol. The molecule has 90 valence electrons. The largest absolute Gasteiger partial charge is 0.358 e. The Kier molecular flexibility index (Phi) is 2.65. The van der Waals surface area contributed by atoms with Crippen molar-refractivity contribution in [1.82, 2.24) is 9.97 Å². The van der Waals surface area contributed by atoms with Gasteiger partial charge >= 0.3 is 0 Å². The van der Waals surface area contributed by atoms with Crippen molar-refractivity contribution in [3.05, 3.63) is 49.5 Å². The van der Waals surface area contributed by atoms with Crippen LogP contribution >= 0.6 is 23.6 Å². The molecule has 0 saturated heterocycles. The molecular formula is C13H10N2OS2. The number of aryl methyl sites for hydroxylation is 1.